The second kappa shape index (κ2) is 8.50. The number of benzene rings is 1. The first-order valence-electron chi connectivity index (χ1n) is 10.9. The van der Waals surface area contributed by atoms with E-state index in [2.05, 4.69) is 4.98 Å². The quantitative estimate of drug-likeness (QED) is 0.625. The number of ether oxygens (including phenoxy) is 1. The second-order valence-corrected chi connectivity index (χ2v) is 9.23. The highest BCUT2D eigenvalue weighted by Gasteiger charge is 2.35. The van der Waals surface area contributed by atoms with E-state index in [-0.39, 0.29) is 6.54 Å². The average molecular weight is 441 g/mol. The van der Waals surface area contributed by atoms with Crippen LogP contribution in [-0.4, -0.2) is 50.5 Å². The van der Waals surface area contributed by atoms with Gasteiger partial charge >= 0.3 is 5.97 Å². The maximum atomic E-state index is 14.4. The summed E-state index contributed by atoms with van der Waals surface area (Å²) < 4.78 is 22.0. The Morgan fingerprint density at radius 2 is 2.00 bits per heavy atom. The highest BCUT2D eigenvalue weighted by atomic mass is 19.1. The largest absolute Gasteiger partial charge is 0.479 e. The Bertz CT molecular complexity index is 1120. The Balaban J connectivity index is 1.96. The number of alkyl halides is 1. The molecule has 1 aromatic carbocycles. The van der Waals surface area contributed by atoms with Crippen LogP contribution >= 0.6 is 0 Å². The van der Waals surface area contributed by atoms with Crippen LogP contribution < -0.4 is 4.90 Å². The molecule has 0 bridgehead atoms. The van der Waals surface area contributed by atoms with Crippen molar-refractivity contribution in [3.8, 4) is 11.3 Å². The number of carboxylic acid groups (broad SMARTS) is 1. The number of nitrogens with zero attached hydrogens (tertiary/aromatic N) is 4. The van der Waals surface area contributed by atoms with Crippen molar-refractivity contribution < 1.29 is 19.0 Å². The van der Waals surface area contributed by atoms with Gasteiger partial charge in [-0.15, -0.1) is 0 Å². The van der Waals surface area contributed by atoms with Gasteiger partial charge in [-0.05, 0) is 40.5 Å². The van der Waals surface area contributed by atoms with E-state index in [0.29, 0.717) is 47.8 Å². The van der Waals surface area contributed by atoms with Crippen LogP contribution in [0.3, 0.4) is 0 Å². The van der Waals surface area contributed by atoms with Crippen molar-refractivity contribution in [2.24, 2.45) is 0 Å². The lowest BCUT2D eigenvalue weighted by Crippen LogP contribution is -2.39. The summed E-state index contributed by atoms with van der Waals surface area (Å²) in [7, 11) is 0. The van der Waals surface area contributed by atoms with Crippen molar-refractivity contribution in [3.63, 3.8) is 0 Å². The summed E-state index contributed by atoms with van der Waals surface area (Å²) in [6.45, 7) is 7.98. The Morgan fingerprint density at radius 3 is 2.62 bits per heavy atom. The van der Waals surface area contributed by atoms with E-state index in [1.165, 1.54) is 0 Å². The van der Waals surface area contributed by atoms with Gasteiger partial charge in [-0.3, -0.25) is 0 Å². The summed E-state index contributed by atoms with van der Waals surface area (Å²) in [6, 6.07) is 11.6. The van der Waals surface area contributed by atoms with E-state index in [4.69, 9.17) is 9.84 Å². The average Bonchev–Trinajstić information content (AvgIpc) is 3.14. The van der Waals surface area contributed by atoms with E-state index in [9.17, 15) is 14.3 Å². The minimum absolute atomic E-state index is 0.175. The predicted octanol–water partition coefficient (Wildman–Crippen LogP) is 4.58. The van der Waals surface area contributed by atoms with Gasteiger partial charge in [0, 0.05) is 23.9 Å². The Morgan fingerprint density at radius 1 is 1.28 bits per heavy atom. The number of carbonyl (C=O) groups is 1. The second-order valence-electron chi connectivity index (χ2n) is 9.23. The molecular weight excluding hydrogens is 411 g/mol. The fourth-order valence-corrected chi connectivity index (χ4v) is 4.18. The molecule has 1 saturated heterocycles. The number of hydrogen-bond acceptors (Lipinski definition) is 5. The highest BCUT2D eigenvalue weighted by molar-refractivity contribution is 5.79. The monoisotopic (exact) mass is 440 g/mol. The summed E-state index contributed by atoms with van der Waals surface area (Å²) >= 11 is 0. The van der Waals surface area contributed by atoms with Crippen LogP contribution in [-0.2, 0) is 9.53 Å². The summed E-state index contributed by atoms with van der Waals surface area (Å²) in [5, 5.41) is 14.8. The van der Waals surface area contributed by atoms with Gasteiger partial charge in [0.15, 0.2) is 11.8 Å². The van der Waals surface area contributed by atoms with Crippen LogP contribution in [0.5, 0.6) is 0 Å². The topological polar surface area (TPSA) is 80.0 Å². The summed E-state index contributed by atoms with van der Waals surface area (Å²) in [6.07, 6.45) is -1.08. The molecule has 170 valence electrons. The fraction of sp³-hybridized carbons (Fsp3) is 0.458. The number of aryl methyl sites for hydroxylation is 1. The molecule has 1 fully saturated rings. The lowest BCUT2D eigenvalue weighted by molar-refractivity contribution is -0.160. The molecule has 2 aromatic heterocycles. The Kier molecular flexibility index (Phi) is 5.90. The maximum Gasteiger partial charge on any atom is 0.337 e. The number of hydrogen-bond donors (Lipinski definition) is 1. The Hall–Kier alpha value is -3.00. The molecule has 1 aliphatic heterocycles. The number of rotatable bonds is 5. The first kappa shape index (κ1) is 22.2. The molecule has 32 heavy (non-hydrogen) atoms. The zero-order valence-corrected chi connectivity index (χ0v) is 18.9. The minimum atomic E-state index is -1.26. The van der Waals surface area contributed by atoms with Gasteiger partial charge < -0.3 is 14.7 Å². The van der Waals surface area contributed by atoms with E-state index < -0.39 is 23.8 Å². The fourth-order valence-electron chi connectivity index (χ4n) is 4.18. The highest BCUT2D eigenvalue weighted by Crippen LogP contribution is 2.36. The van der Waals surface area contributed by atoms with Crippen LogP contribution in [0.4, 0.5) is 10.2 Å². The first-order valence-corrected chi connectivity index (χ1v) is 10.9. The van der Waals surface area contributed by atoms with Crippen molar-refractivity contribution in [2.75, 3.05) is 18.0 Å². The minimum Gasteiger partial charge on any atom is -0.479 e. The SMILES string of the molecule is Cc1nc2cc(-c3ccccc3)nn2c(N2CCCC(F)C2)c1C(OC(C)(C)C)C(=O)O. The molecule has 0 saturated carbocycles. The third-order valence-electron chi connectivity index (χ3n) is 5.49. The number of aromatic nitrogens is 3. The third-order valence-corrected chi connectivity index (χ3v) is 5.49. The van der Waals surface area contributed by atoms with Gasteiger partial charge in [0.25, 0.3) is 0 Å². The molecule has 7 nitrogen and oxygen atoms in total. The van der Waals surface area contributed by atoms with Gasteiger partial charge in [-0.2, -0.15) is 9.61 Å². The molecule has 0 amide bonds. The number of fused-ring (bicyclic) bond motifs is 1. The summed E-state index contributed by atoms with van der Waals surface area (Å²) in [5.74, 6) is -0.580. The van der Waals surface area contributed by atoms with E-state index in [1.54, 1.807) is 11.4 Å². The lowest BCUT2D eigenvalue weighted by Gasteiger charge is -2.35. The summed E-state index contributed by atoms with van der Waals surface area (Å²) in [5.41, 5.74) is 2.47. The van der Waals surface area contributed by atoms with Gasteiger partial charge in [0.1, 0.15) is 12.0 Å². The van der Waals surface area contributed by atoms with E-state index >= 15 is 0 Å². The van der Waals surface area contributed by atoms with Crippen molar-refractivity contribution >= 4 is 17.4 Å². The third kappa shape index (κ3) is 4.46. The normalized spacial score (nSPS) is 18.2. The number of aliphatic carboxylic acids is 1. The predicted molar refractivity (Wildman–Crippen MR) is 121 cm³/mol. The van der Waals surface area contributed by atoms with Gasteiger partial charge in [-0.1, -0.05) is 30.3 Å². The van der Waals surface area contributed by atoms with E-state index in [1.807, 2.05) is 62.1 Å². The van der Waals surface area contributed by atoms with Gasteiger partial charge in [0.2, 0.25) is 0 Å². The molecule has 0 spiro atoms. The molecule has 0 radical (unpaired) electrons. The van der Waals surface area contributed by atoms with Crippen molar-refractivity contribution in [1.82, 2.24) is 14.6 Å². The molecule has 8 heteroatoms. The van der Waals surface area contributed by atoms with Crippen LogP contribution in [0.1, 0.15) is 51.0 Å². The standard InChI is InChI=1S/C24H29FN4O3/c1-15-20(21(23(30)31)32-24(2,3)4)22(28-12-8-11-17(25)14-28)29-19(26-15)13-18(27-29)16-9-6-5-7-10-16/h5-7,9-10,13,17,21H,8,11-12,14H2,1-4H3,(H,30,31). The van der Waals surface area contributed by atoms with Gasteiger partial charge in [0.05, 0.1) is 23.4 Å². The number of anilines is 1. The van der Waals surface area contributed by atoms with Crippen LogP contribution in [0, 0.1) is 6.92 Å². The first-order chi connectivity index (χ1) is 15.1. The number of carboxylic acids is 1. The molecular formula is C24H29FN4O3. The van der Waals surface area contributed by atoms with E-state index in [0.717, 1.165) is 5.56 Å². The molecule has 1 aliphatic rings. The van der Waals surface area contributed by atoms with Crippen LogP contribution in [0.2, 0.25) is 0 Å². The molecule has 2 unspecified atom stereocenters. The molecule has 4 rings (SSSR count). The molecule has 1 N–H and O–H groups in total. The smallest absolute Gasteiger partial charge is 0.337 e. The molecule has 3 heterocycles. The van der Waals surface area contributed by atoms with Crippen molar-refractivity contribution in [1.29, 1.82) is 0 Å². The maximum absolute atomic E-state index is 14.4. The number of halogens is 1. The summed E-state index contributed by atoms with van der Waals surface area (Å²) in [4.78, 5) is 18.9. The number of piperidine rings is 1. The molecule has 2 atom stereocenters. The molecule has 3 aromatic rings. The van der Waals surface area contributed by atoms with Crippen molar-refractivity contribution in [2.45, 2.75) is 58.4 Å². The van der Waals surface area contributed by atoms with Crippen LogP contribution in [0.15, 0.2) is 36.4 Å². The zero-order chi connectivity index (χ0) is 23.0. The van der Waals surface area contributed by atoms with Crippen LogP contribution in [0.25, 0.3) is 16.9 Å². The van der Waals surface area contributed by atoms with Gasteiger partial charge in [-0.25, -0.2) is 14.2 Å². The lowest BCUT2D eigenvalue weighted by atomic mass is 10.0. The zero-order valence-electron chi connectivity index (χ0n) is 18.9. The Labute approximate surface area is 186 Å². The van der Waals surface area contributed by atoms with Crippen molar-refractivity contribution in [3.05, 3.63) is 47.7 Å². The molecule has 0 aliphatic carbocycles.